The van der Waals surface area contributed by atoms with E-state index in [1.54, 1.807) is 6.92 Å². The molecule has 19 heavy (non-hydrogen) atoms. The van der Waals surface area contributed by atoms with Crippen molar-refractivity contribution >= 4 is 35.4 Å². The molecule has 8 heteroatoms. The number of fused-ring (bicyclic) bond motifs is 1. The third kappa shape index (κ3) is 3.01. The van der Waals surface area contributed by atoms with E-state index in [1.165, 1.54) is 28.4 Å². The molecule has 1 N–H and O–H groups in total. The van der Waals surface area contributed by atoms with Crippen LogP contribution in [0.1, 0.15) is 20.8 Å². The minimum absolute atomic E-state index is 0. The second-order valence-corrected chi connectivity index (χ2v) is 7.55. The van der Waals surface area contributed by atoms with Crippen LogP contribution in [0.2, 0.25) is 0 Å². The predicted octanol–water partition coefficient (Wildman–Crippen LogP) is -3.04. The Kier molecular flexibility index (Phi) is 5.86. The molecule has 0 aliphatic carbocycles. The van der Waals surface area contributed by atoms with Crippen molar-refractivity contribution in [3.8, 4) is 0 Å². The van der Waals surface area contributed by atoms with Gasteiger partial charge in [-0.2, -0.15) is 0 Å². The smallest absolute Gasteiger partial charge is 0.543 e. The largest absolute Gasteiger partial charge is 1.00 e. The van der Waals surface area contributed by atoms with E-state index in [-0.39, 0.29) is 51.8 Å². The van der Waals surface area contributed by atoms with Gasteiger partial charge in [0.05, 0.1) is 27.9 Å². The van der Waals surface area contributed by atoms with E-state index in [0.29, 0.717) is 4.24 Å². The number of nitrogens with zero attached hydrogens (tertiary/aromatic N) is 1. The summed E-state index contributed by atoms with van der Waals surface area (Å²) in [7, 11) is 0. The summed E-state index contributed by atoms with van der Waals surface area (Å²) in [6.07, 6.45) is -0.766. The molecule has 100 valence electrons. The van der Waals surface area contributed by atoms with Gasteiger partial charge < -0.3 is 15.0 Å². The third-order valence-electron chi connectivity index (χ3n) is 2.80. The number of carboxylic acid groups (broad SMARTS) is 1. The van der Waals surface area contributed by atoms with Crippen LogP contribution in [0.25, 0.3) is 0 Å². The molecule has 1 amide bonds. The molecule has 0 aromatic heterocycles. The van der Waals surface area contributed by atoms with Crippen LogP contribution in [0.15, 0.2) is 9.93 Å². The number of hydrogen-bond acceptors (Lipinski definition) is 6. The molecule has 0 bridgehead atoms. The average molecular weight is 311 g/mol. The fourth-order valence-corrected chi connectivity index (χ4v) is 5.17. The molecule has 3 atom stereocenters. The Balaban J connectivity index is 0.00000180. The maximum absolute atomic E-state index is 11.8. The molecule has 2 aliphatic heterocycles. The molecule has 0 saturated carbocycles. The van der Waals surface area contributed by atoms with Crippen LogP contribution in [-0.2, 0) is 9.59 Å². The molecule has 0 aromatic carbocycles. The Hall–Kier alpha value is 0.340. The molecule has 2 unspecified atom stereocenters. The first-order valence-corrected chi connectivity index (χ1v) is 7.40. The molecular formula is C11H14NNaO4S2. The maximum Gasteiger partial charge on any atom is 1.00 e. The first kappa shape index (κ1) is 17.4. The normalized spacial score (nSPS) is 27.0. The van der Waals surface area contributed by atoms with Crippen molar-refractivity contribution in [2.45, 2.75) is 37.5 Å². The van der Waals surface area contributed by atoms with Gasteiger partial charge in [0.25, 0.3) is 0 Å². The van der Waals surface area contributed by atoms with Gasteiger partial charge in [-0.3, -0.25) is 9.69 Å². The number of carboxylic acids is 1. The minimum Gasteiger partial charge on any atom is -0.543 e. The van der Waals surface area contributed by atoms with E-state index in [1.807, 2.05) is 13.8 Å². The Labute approximate surface area is 142 Å². The number of thioether (sulfide) groups is 2. The van der Waals surface area contributed by atoms with Gasteiger partial charge in [0.2, 0.25) is 5.91 Å². The van der Waals surface area contributed by atoms with Gasteiger partial charge >= 0.3 is 29.6 Å². The van der Waals surface area contributed by atoms with Crippen molar-refractivity contribution in [2.24, 2.45) is 5.92 Å². The number of amides is 1. The van der Waals surface area contributed by atoms with Crippen LogP contribution in [0.4, 0.5) is 0 Å². The van der Waals surface area contributed by atoms with Gasteiger partial charge in [-0.1, -0.05) is 25.6 Å². The summed E-state index contributed by atoms with van der Waals surface area (Å²) >= 11 is 2.74. The van der Waals surface area contributed by atoms with Gasteiger partial charge in [0.15, 0.2) is 0 Å². The van der Waals surface area contributed by atoms with Crippen LogP contribution >= 0.6 is 23.5 Å². The second kappa shape index (κ2) is 6.41. The van der Waals surface area contributed by atoms with E-state index in [9.17, 15) is 19.8 Å². The summed E-state index contributed by atoms with van der Waals surface area (Å²) in [6, 6.07) is 0. The van der Waals surface area contributed by atoms with Crippen molar-refractivity contribution in [1.29, 1.82) is 0 Å². The topological polar surface area (TPSA) is 80.7 Å². The average Bonchev–Trinajstić information content (AvgIpc) is 2.51. The number of carbonyl (C=O) groups is 2. The maximum atomic E-state index is 11.8. The van der Waals surface area contributed by atoms with Gasteiger partial charge in [0, 0.05) is 5.25 Å². The van der Waals surface area contributed by atoms with Crippen LogP contribution < -0.4 is 34.7 Å². The van der Waals surface area contributed by atoms with E-state index in [4.69, 9.17) is 0 Å². The number of aliphatic hydroxyl groups excluding tert-OH is 1. The third-order valence-corrected chi connectivity index (χ3v) is 5.41. The molecule has 2 rings (SSSR count). The van der Waals surface area contributed by atoms with Gasteiger partial charge in [0.1, 0.15) is 5.37 Å². The Bertz CT molecular complexity index is 438. The second-order valence-electron chi connectivity index (χ2n) is 4.57. The first-order valence-electron chi connectivity index (χ1n) is 5.64. The number of hydrogen-bond donors (Lipinski definition) is 1. The summed E-state index contributed by atoms with van der Waals surface area (Å²) in [6.45, 7) is 5.45. The van der Waals surface area contributed by atoms with E-state index < -0.39 is 18.0 Å². The summed E-state index contributed by atoms with van der Waals surface area (Å²) < 4.78 is 0.603. The minimum atomic E-state index is -1.33. The number of rotatable bonds is 4. The van der Waals surface area contributed by atoms with Gasteiger partial charge in [-0.15, -0.1) is 11.8 Å². The number of aliphatic hydroxyl groups is 1. The monoisotopic (exact) mass is 311 g/mol. The van der Waals surface area contributed by atoms with Crippen molar-refractivity contribution in [3.05, 3.63) is 9.93 Å². The summed E-state index contributed by atoms with van der Waals surface area (Å²) in [5.41, 5.74) is -0.0365. The van der Waals surface area contributed by atoms with Crippen LogP contribution in [0, 0.1) is 5.92 Å². The molecule has 0 aromatic rings. The van der Waals surface area contributed by atoms with Crippen molar-refractivity contribution in [2.75, 3.05) is 0 Å². The Morgan fingerprint density at radius 2 is 2.05 bits per heavy atom. The van der Waals surface area contributed by atoms with Gasteiger partial charge in [-0.05, 0) is 6.92 Å². The van der Waals surface area contributed by atoms with Crippen molar-refractivity contribution < 1.29 is 49.4 Å². The van der Waals surface area contributed by atoms with E-state index in [0.717, 1.165) is 0 Å². The summed E-state index contributed by atoms with van der Waals surface area (Å²) in [4.78, 5) is 24.2. The molecule has 0 radical (unpaired) electrons. The SMILES string of the molecule is CC(C)SC1=C(C(=O)[O-])N2C(=O)C(C(C)O)[C@H]2S1.[Na+]. The summed E-state index contributed by atoms with van der Waals surface area (Å²) in [5, 5.41) is 20.6. The predicted molar refractivity (Wildman–Crippen MR) is 68.2 cm³/mol. The zero-order valence-corrected chi connectivity index (χ0v) is 14.9. The standard InChI is InChI=1S/C11H15NO4S2.Na/c1-4(2)17-11-7(10(15)16)12-8(14)6(5(3)13)9(12)18-11;/h4-6,9,13H,1-3H3,(H,15,16);/q;+1/p-1/t5?,6?,9-;/m1./s1. The zero-order valence-electron chi connectivity index (χ0n) is 11.2. The molecule has 0 spiro atoms. The first-order chi connectivity index (χ1) is 8.34. The number of aliphatic carboxylic acids is 1. The quantitative estimate of drug-likeness (QED) is 0.439. The molecule has 5 nitrogen and oxygen atoms in total. The van der Waals surface area contributed by atoms with Crippen molar-refractivity contribution in [3.63, 3.8) is 0 Å². The number of β-lactam (4-membered cyclic amide) rings is 1. The van der Waals surface area contributed by atoms with Crippen LogP contribution in [0.5, 0.6) is 0 Å². The van der Waals surface area contributed by atoms with Crippen molar-refractivity contribution in [1.82, 2.24) is 4.90 Å². The van der Waals surface area contributed by atoms with E-state index >= 15 is 0 Å². The van der Waals surface area contributed by atoms with Gasteiger partial charge in [-0.25, -0.2) is 0 Å². The van der Waals surface area contributed by atoms with Crippen LogP contribution in [-0.4, -0.2) is 38.6 Å². The number of carbonyl (C=O) groups excluding carboxylic acids is 2. The van der Waals surface area contributed by atoms with Crippen LogP contribution in [0.3, 0.4) is 0 Å². The molecule has 2 aliphatic rings. The Morgan fingerprint density at radius 1 is 1.47 bits per heavy atom. The fraction of sp³-hybridized carbons (Fsp3) is 0.636. The molecule has 1 fully saturated rings. The molecule has 2 heterocycles. The molecule has 1 saturated heterocycles. The fourth-order valence-electron chi connectivity index (χ4n) is 2.04. The van der Waals surface area contributed by atoms with E-state index in [2.05, 4.69) is 0 Å². The summed E-state index contributed by atoms with van der Waals surface area (Å²) in [5.74, 6) is -2.18. The zero-order chi connectivity index (χ0) is 13.6. The molecular weight excluding hydrogens is 297 g/mol. The Morgan fingerprint density at radius 3 is 2.47 bits per heavy atom.